The van der Waals surface area contributed by atoms with Gasteiger partial charge in [-0.3, -0.25) is 4.90 Å². The molecule has 2 rings (SSSR count). The van der Waals surface area contributed by atoms with Gasteiger partial charge in [-0.15, -0.1) is 0 Å². The summed E-state index contributed by atoms with van der Waals surface area (Å²) in [5, 5.41) is 9.74. The van der Waals surface area contributed by atoms with Gasteiger partial charge in [-0.2, -0.15) is 11.8 Å². The van der Waals surface area contributed by atoms with Crippen LogP contribution in [0.4, 0.5) is 0 Å². The third-order valence-corrected chi connectivity index (χ3v) is 7.37. The lowest BCUT2D eigenvalue weighted by atomic mass is 9.91. The lowest BCUT2D eigenvalue weighted by Gasteiger charge is -2.43. The molecule has 0 amide bonds. The summed E-state index contributed by atoms with van der Waals surface area (Å²) in [5.74, 6) is 1.82. The molecular weight excluding hydrogens is 270 g/mol. The molecule has 1 aliphatic heterocycles. The third-order valence-electron chi connectivity index (χ3n) is 4.06. The van der Waals surface area contributed by atoms with Crippen LogP contribution in [0.5, 0.6) is 0 Å². The maximum absolute atomic E-state index is 12.2. The largest absolute Gasteiger partial charge is 0.391 e. The molecule has 2 fully saturated rings. The van der Waals surface area contributed by atoms with Crippen molar-refractivity contribution in [1.82, 2.24) is 4.90 Å². The van der Waals surface area contributed by atoms with Crippen molar-refractivity contribution in [2.75, 3.05) is 23.8 Å². The summed E-state index contributed by atoms with van der Waals surface area (Å²) in [7, 11) is -3.05. The molecule has 1 unspecified atom stereocenters. The van der Waals surface area contributed by atoms with Crippen molar-refractivity contribution in [2.45, 2.75) is 50.1 Å². The molecule has 3 atom stereocenters. The van der Waals surface area contributed by atoms with Crippen LogP contribution in [0, 0.1) is 0 Å². The van der Waals surface area contributed by atoms with Crippen LogP contribution in [0.1, 0.15) is 32.6 Å². The van der Waals surface area contributed by atoms with Crippen LogP contribution in [0.25, 0.3) is 0 Å². The Bertz CT molecular complexity index is 372. The maximum atomic E-state index is 12.2. The Hall–Kier alpha value is 0.220. The van der Waals surface area contributed by atoms with Gasteiger partial charge in [0, 0.05) is 29.8 Å². The second kappa shape index (κ2) is 6.11. The number of hydrogen-bond acceptors (Lipinski definition) is 5. The fourth-order valence-corrected chi connectivity index (χ4v) is 6.03. The van der Waals surface area contributed by atoms with Crippen LogP contribution in [0.2, 0.25) is 0 Å². The van der Waals surface area contributed by atoms with E-state index in [9.17, 15) is 13.5 Å². The van der Waals surface area contributed by atoms with E-state index in [0.717, 1.165) is 38.0 Å². The van der Waals surface area contributed by atoms with E-state index < -0.39 is 9.84 Å². The van der Waals surface area contributed by atoms with Gasteiger partial charge in [0.15, 0.2) is 9.84 Å². The molecule has 1 saturated heterocycles. The minimum Gasteiger partial charge on any atom is -0.391 e. The van der Waals surface area contributed by atoms with Crippen LogP contribution in [-0.4, -0.2) is 59.7 Å². The van der Waals surface area contributed by atoms with Gasteiger partial charge in [-0.1, -0.05) is 19.8 Å². The van der Waals surface area contributed by atoms with Crippen molar-refractivity contribution >= 4 is 21.6 Å². The molecule has 4 nitrogen and oxygen atoms in total. The van der Waals surface area contributed by atoms with Crippen LogP contribution in [0.3, 0.4) is 0 Å². The van der Waals surface area contributed by atoms with Crippen LogP contribution < -0.4 is 0 Å². The van der Waals surface area contributed by atoms with Crippen molar-refractivity contribution in [1.29, 1.82) is 0 Å². The monoisotopic (exact) mass is 293 g/mol. The van der Waals surface area contributed by atoms with E-state index in [-0.39, 0.29) is 23.3 Å². The fraction of sp³-hybridized carbons (Fsp3) is 1.00. The predicted octanol–water partition coefficient (Wildman–Crippen LogP) is 1.10. The van der Waals surface area contributed by atoms with Crippen LogP contribution in [-0.2, 0) is 9.84 Å². The van der Waals surface area contributed by atoms with E-state index in [1.807, 2.05) is 0 Å². The number of sulfone groups is 1. The molecule has 6 heteroatoms. The first-order valence-electron chi connectivity index (χ1n) is 6.79. The highest BCUT2D eigenvalue weighted by atomic mass is 32.2. The minimum absolute atomic E-state index is 0.0472. The van der Waals surface area contributed by atoms with Gasteiger partial charge in [0.1, 0.15) is 5.37 Å². The highest BCUT2D eigenvalue weighted by molar-refractivity contribution is 8.01. The van der Waals surface area contributed by atoms with E-state index in [0.29, 0.717) is 5.75 Å². The standard InChI is InChI=1S/C12H23NO3S2/c1-2-18(15,16)12-9-17-8-7-13(12)10-5-3-4-6-11(10)14/h10-12,14H,2-9H2,1H3/t10-,11-,12?/m1/s1. The zero-order valence-electron chi connectivity index (χ0n) is 10.9. The smallest absolute Gasteiger partial charge is 0.166 e. The van der Waals surface area contributed by atoms with Gasteiger partial charge in [0.2, 0.25) is 0 Å². The molecule has 0 radical (unpaired) electrons. The average molecular weight is 293 g/mol. The number of rotatable bonds is 3. The van der Waals surface area contributed by atoms with E-state index in [4.69, 9.17) is 0 Å². The molecule has 0 aromatic carbocycles. The summed E-state index contributed by atoms with van der Waals surface area (Å²) in [5.41, 5.74) is 0. The highest BCUT2D eigenvalue weighted by Crippen LogP contribution is 2.30. The number of nitrogens with zero attached hydrogens (tertiary/aromatic N) is 1. The average Bonchev–Trinajstić information content (AvgIpc) is 2.39. The molecule has 2 aliphatic rings. The number of aliphatic hydroxyl groups excluding tert-OH is 1. The molecule has 0 bridgehead atoms. The van der Waals surface area contributed by atoms with E-state index in [2.05, 4.69) is 4.90 Å². The lowest BCUT2D eigenvalue weighted by Crippen LogP contribution is -2.56. The molecule has 0 aromatic heterocycles. The van der Waals surface area contributed by atoms with E-state index in [1.165, 1.54) is 0 Å². The number of aliphatic hydroxyl groups is 1. The zero-order chi connectivity index (χ0) is 13.2. The Morgan fingerprint density at radius 2 is 2.06 bits per heavy atom. The SMILES string of the molecule is CCS(=O)(=O)C1CSCCN1[C@@H]1CCCC[C@H]1O. The predicted molar refractivity (Wildman–Crippen MR) is 75.5 cm³/mol. The first-order chi connectivity index (χ1) is 8.56. The Kier molecular flexibility index (Phi) is 4.97. The third kappa shape index (κ3) is 3.03. The lowest BCUT2D eigenvalue weighted by molar-refractivity contribution is 0.0177. The van der Waals surface area contributed by atoms with Gasteiger partial charge >= 0.3 is 0 Å². The second-order valence-electron chi connectivity index (χ2n) is 5.14. The van der Waals surface area contributed by atoms with Gasteiger partial charge < -0.3 is 5.11 Å². The number of hydrogen-bond donors (Lipinski definition) is 1. The van der Waals surface area contributed by atoms with Crippen molar-refractivity contribution < 1.29 is 13.5 Å². The highest BCUT2D eigenvalue weighted by Gasteiger charge is 2.39. The number of thioether (sulfide) groups is 1. The van der Waals surface area contributed by atoms with Gasteiger partial charge in [-0.05, 0) is 12.8 Å². The first kappa shape index (κ1) is 14.6. The quantitative estimate of drug-likeness (QED) is 0.844. The molecule has 1 aliphatic carbocycles. The molecule has 1 heterocycles. The van der Waals surface area contributed by atoms with Crippen molar-refractivity contribution in [3.8, 4) is 0 Å². The van der Waals surface area contributed by atoms with Crippen LogP contribution >= 0.6 is 11.8 Å². The van der Waals surface area contributed by atoms with Gasteiger partial charge in [-0.25, -0.2) is 8.42 Å². The zero-order valence-corrected chi connectivity index (χ0v) is 12.5. The van der Waals surface area contributed by atoms with Crippen molar-refractivity contribution in [3.05, 3.63) is 0 Å². The Balaban J connectivity index is 2.17. The van der Waals surface area contributed by atoms with Gasteiger partial charge in [0.05, 0.1) is 6.10 Å². The molecular formula is C12H23NO3S2. The fourth-order valence-electron chi connectivity index (χ4n) is 2.95. The summed E-state index contributed by atoms with van der Waals surface area (Å²) < 4.78 is 24.4. The second-order valence-corrected chi connectivity index (χ2v) is 8.74. The Labute approximate surface area is 114 Å². The van der Waals surface area contributed by atoms with Crippen LogP contribution in [0.15, 0.2) is 0 Å². The van der Waals surface area contributed by atoms with Crippen molar-refractivity contribution in [2.24, 2.45) is 0 Å². The Morgan fingerprint density at radius 1 is 1.33 bits per heavy atom. The Morgan fingerprint density at radius 3 is 2.72 bits per heavy atom. The summed E-state index contributed by atoms with van der Waals surface area (Å²) in [6.07, 6.45) is 3.56. The molecule has 0 spiro atoms. The normalized spacial score (nSPS) is 35.6. The topological polar surface area (TPSA) is 57.6 Å². The minimum atomic E-state index is -3.05. The summed E-state index contributed by atoms with van der Waals surface area (Å²) in [4.78, 5) is 2.07. The molecule has 0 aromatic rings. The van der Waals surface area contributed by atoms with Gasteiger partial charge in [0.25, 0.3) is 0 Å². The summed E-state index contributed by atoms with van der Waals surface area (Å²) in [6, 6.07) is 0.0472. The summed E-state index contributed by atoms with van der Waals surface area (Å²) in [6.45, 7) is 2.50. The van der Waals surface area contributed by atoms with Crippen molar-refractivity contribution in [3.63, 3.8) is 0 Å². The first-order valence-corrected chi connectivity index (χ1v) is 9.66. The molecule has 106 valence electrons. The summed E-state index contributed by atoms with van der Waals surface area (Å²) >= 11 is 1.71. The van der Waals surface area contributed by atoms with E-state index >= 15 is 0 Å². The molecule has 18 heavy (non-hydrogen) atoms. The van der Waals surface area contributed by atoms with E-state index in [1.54, 1.807) is 18.7 Å². The maximum Gasteiger partial charge on any atom is 0.166 e. The molecule has 1 saturated carbocycles. The molecule has 1 N–H and O–H groups in total.